The lowest BCUT2D eigenvalue weighted by Crippen LogP contribution is -2.26. The molecule has 1 N–H and O–H groups in total. The van der Waals surface area contributed by atoms with E-state index >= 15 is 0 Å². The van der Waals surface area contributed by atoms with Crippen molar-refractivity contribution in [1.29, 1.82) is 0 Å². The normalized spacial score (nSPS) is 11.0. The minimum atomic E-state index is -0.415. The molecule has 11 heteroatoms. The molecule has 0 unspecified atom stereocenters. The predicted molar refractivity (Wildman–Crippen MR) is 111 cm³/mol. The molecule has 0 atom stereocenters. The number of nitrogens with one attached hydrogen (secondary N) is 1. The van der Waals surface area contributed by atoms with Crippen molar-refractivity contribution in [2.75, 3.05) is 19.4 Å². The summed E-state index contributed by atoms with van der Waals surface area (Å²) in [6, 6.07) is 1.62. The Morgan fingerprint density at radius 2 is 1.93 bits per heavy atom. The molecule has 0 aliphatic carbocycles. The fraction of sp³-hybridized carbons (Fsp3) is 0.389. The van der Waals surface area contributed by atoms with E-state index in [1.54, 1.807) is 40.4 Å². The maximum absolute atomic E-state index is 12.7. The van der Waals surface area contributed by atoms with Crippen LogP contribution >= 0.6 is 15.9 Å². The fourth-order valence-corrected chi connectivity index (χ4v) is 3.14. The van der Waals surface area contributed by atoms with Crippen LogP contribution < -0.4 is 5.32 Å². The van der Waals surface area contributed by atoms with E-state index in [1.165, 1.54) is 11.1 Å². The first-order chi connectivity index (χ1) is 13.7. The van der Waals surface area contributed by atoms with Crippen LogP contribution in [-0.2, 0) is 13.2 Å². The van der Waals surface area contributed by atoms with Gasteiger partial charge in [0.1, 0.15) is 12.4 Å². The zero-order valence-corrected chi connectivity index (χ0v) is 18.6. The summed E-state index contributed by atoms with van der Waals surface area (Å²) in [6.07, 6.45) is 3.18. The summed E-state index contributed by atoms with van der Waals surface area (Å²) in [5, 5.41) is 15.7. The third-order valence-corrected chi connectivity index (χ3v) is 5.59. The van der Waals surface area contributed by atoms with Crippen LogP contribution in [0.2, 0.25) is 0 Å². The van der Waals surface area contributed by atoms with Gasteiger partial charge in [0.2, 0.25) is 0 Å². The van der Waals surface area contributed by atoms with Gasteiger partial charge in [0.25, 0.3) is 11.8 Å². The SMILES string of the molecule is CCn1ncc(NC(=O)c2ccn(Cn3nc(C)c(Br)c3C)n2)c1C(=O)N(C)C. The number of anilines is 1. The minimum Gasteiger partial charge on any atom is -0.343 e. The monoisotopic (exact) mass is 462 g/mol. The van der Waals surface area contributed by atoms with E-state index in [4.69, 9.17) is 0 Å². The summed E-state index contributed by atoms with van der Waals surface area (Å²) in [6.45, 7) is 6.64. The van der Waals surface area contributed by atoms with Crippen molar-refractivity contribution in [2.45, 2.75) is 34.0 Å². The van der Waals surface area contributed by atoms with E-state index in [9.17, 15) is 9.59 Å². The molecule has 2 amide bonds. The zero-order chi connectivity index (χ0) is 21.3. The van der Waals surface area contributed by atoms with Crippen LogP contribution in [0, 0.1) is 13.8 Å². The highest BCUT2D eigenvalue weighted by molar-refractivity contribution is 9.10. The van der Waals surface area contributed by atoms with Crippen LogP contribution in [0.4, 0.5) is 5.69 Å². The van der Waals surface area contributed by atoms with E-state index in [2.05, 4.69) is 36.5 Å². The van der Waals surface area contributed by atoms with Gasteiger partial charge in [-0.05, 0) is 42.8 Å². The largest absolute Gasteiger partial charge is 0.343 e. The van der Waals surface area contributed by atoms with E-state index < -0.39 is 5.91 Å². The second-order valence-electron chi connectivity index (χ2n) is 6.74. The molecule has 3 aromatic rings. The van der Waals surface area contributed by atoms with Gasteiger partial charge in [0.15, 0.2) is 5.69 Å². The van der Waals surface area contributed by atoms with Crippen LogP contribution in [-0.4, -0.2) is 60.2 Å². The molecule has 0 spiro atoms. The van der Waals surface area contributed by atoms with Crippen LogP contribution in [0.25, 0.3) is 0 Å². The standard InChI is InChI=1S/C18H23BrN8O2/c1-6-26-16(18(29)24(4)5)14(9-20-26)21-17(28)13-7-8-25(23-13)10-27-12(3)15(19)11(2)22-27/h7-9H,6,10H2,1-5H3,(H,21,28). The third kappa shape index (κ3) is 4.09. The van der Waals surface area contributed by atoms with E-state index in [1.807, 2.05) is 20.8 Å². The Bertz CT molecular complexity index is 1060. The van der Waals surface area contributed by atoms with Crippen LogP contribution in [0.1, 0.15) is 39.3 Å². The van der Waals surface area contributed by atoms with Gasteiger partial charge < -0.3 is 10.2 Å². The Morgan fingerprint density at radius 1 is 1.21 bits per heavy atom. The predicted octanol–water partition coefficient (Wildman–Crippen LogP) is 2.14. The Labute approximate surface area is 176 Å². The molecule has 0 aliphatic heterocycles. The highest BCUT2D eigenvalue weighted by Crippen LogP contribution is 2.20. The smallest absolute Gasteiger partial charge is 0.276 e. The Kier molecular flexibility index (Phi) is 5.87. The molecule has 0 aliphatic rings. The van der Waals surface area contributed by atoms with Gasteiger partial charge in [-0.3, -0.25) is 19.0 Å². The first kappa shape index (κ1) is 20.8. The first-order valence-corrected chi connectivity index (χ1v) is 9.84. The van der Waals surface area contributed by atoms with Crippen molar-refractivity contribution >= 4 is 33.4 Å². The summed E-state index contributed by atoms with van der Waals surface area (Å²) in [5.74, 6) is -0.651. The zero-order valence-electron chi connectivity index (χ0n) is 17.0. The molecule has 3 heterocycles. The van der Waals surface area contributed by atoms with E-state index in [-0.39, 0.29) is 11.6 Å². The van der Waals surface area contributed by atoms with Gasteiger partial charge in [-0.1, -0.05) is 0 Å². The summed E-state index contributed by atoms with van der Waals surface area (Å²) >= 11 is 3.50. The molecule has 0 saturated carbocycles. The fourth-order valence-electron chi connectivity index (χ4n) is 2.85. The number of carbonyl (C=O) groups excluding carboxylic acids is 2. The molecule has 10 nitrogen and oxygen atoms in total. The Hall–Kier alpha value is -2.95. The molecule has 29 heavy (non-hydrogen) atoms. The summed E-state index contributed by atoms with van der Waals surface area (Å²) in [5.41, 5.74) is 2.78. The number of aryl methyl sites for hydroxylation is 2. The number of hydrogen-bond donors (Lipinski definition) is 1. The van der Waals surface area contributed by atoms with Gasteiger partial charge >= 0.3 is 0 Å². The van der Waals surface area contributed by atoms with Crippen LogP contribution in [0.5, 0.6) is 0 Å². The second kappa shape index (κ2) is 8.19. The maximum Gasteiger partial charge on any atom is 0.276 e. The van der Waals surface area contributed by atoms with Crippen molar-refractivity contribution in [3.05, 3.63) is 45.7 Å². The molecular weight excluding hydrogens is 440 g/mol. The molecule has 0 radical (unpaired) electrons. The maximum atomic E-state index is 12.7. The highest BCUT2D eigenvalue weighted by atomic mass is 79.9. The first-order valence-electron chi connectivity index (χ1n) is 9.04. The number of hydrogen-bond acceptors (Lipinski definition) is 5. The Morgan fingerprint density at radius 3 is 2.52 bits per heavy atom. The van der Waals surface area contributed by atoms with Gasteiger partial charge in [-0.15, -0.1) is 0 Å². The average Bonchev–Trinajstić information content (AvgIpc) is 3.37. The molecular formula is C18H23BrN8O2. The van der Waals surface area contributed by atoms with Gasteiger partial charge in [0.05, 0.1) is 27.7 Å². The number of amides is 2. The quantitative estimate of drug-likeness (QED) is 0.604. The molecule has 154 valence electrons. The van der Waals surface area contributed by atoms with Gasteiger partial charge in [-0.25, -0.2) is 4.68 Å². The molecule has 0 bridgehead atoms. The summed E-state index contributed by atoms with van der Waals surface area (Å²) < 4.78 is 5.93. The van der Waals surface area contributed by atoms with Crippen molar-refractivity contribution in [3.8, 4) is 0 Å². The highest BCUT2D eigenvalue weighted by Gasteiger charge is 2.22. The second-order valence-corrected chi connectivity index (χ2v) is 7.54. The molecule has 3 rings (SSSR count). The van der Waals surface area contributed by atoms with Gasteiger partial charge in [-0.2, -0.15) is 15.3 Å². The lowest BCUT2D eigenvalue weighted by Gasteiger charge is -2.13. The lowest BCUT2D eigenvalue weighted by atomic mass is 10.3. The topological polar surface area (TPSA) is 103 Å². The van der Waals surface area contributed by atoms with Crippen molar-refractivity contribution < 1.29 is 9.59 Å². The molecule has 0 saturated heterocycles. The van der Waals surface area contributed by atoms with E-state index in [0.717, 1.165) is 15.9 Å². The Balaban J connectivity index is 1.78. The number of rotatable bonds is 6. The number of halogens is 1. The molecule has 3 aromatic heterocycles. The van der Waals surface area contributed by atoms with E-state index in [0.29, 0.717) is 24.6 Å². The third-order valence-electron chi connectivity index (χ3n) is 4.44. The number of nitrogens with zero attached hydrogens (tertiary/aromatic N) is 7. The van der Waals surface area contributed by atoms with Crippen LogP contribution in [0.15, 0.2) is 22.9 Å². The van der Waals surface area contributed by atoms with Crippen molar-refractivity contribution in [1.82, 2.24) is 34.2 Å². The van der Waals surface area contributed by atoms with Gasteiger partial charge in [0, 0.05) is 26.8 Å². The molecule has 0 fully saturated rings. The van der Waals surface area contributed by atoms with Crippen LogP contribution in [0.3, 0.4) is 0 Å². The average molecular weight is 463 g/mol. The minimum absolute atomic E-state index is 0.234. The van der Waals surface area contributed by atoms with Crippen molar-refractivity contribution in [2.24, 2.45) is 0 Å². The number of carbonyl (C=O) groups is 2. The van der Waals surface area contributed by atoms with Crippen molar-refractivity contribution in [3.63, 3.8) is 0 Å². The number of aromatic nitrogens is 6. The summed E-state index contributed by atoms with van der Waals surface area (Å²) in [4.78, 5) is 26.6. The lowest BCUT2D eigenvalue weighted by molar-refractivity contribution is 0.0816. The summed E-state index contributed by atoms with van der Waals surface area (Å²) in [7, 11) is 3.31. The molecule has 0 aromatic carbocycles.